The second kappa shape index (κ2) is 5.38. The van der Waals surface area contributed by atoms with Crippen LogP contribution in [0.2, 0.25) is 0 Å². The number of nitrogen functional groups attached to an aromatic ring is 1. The van der Waals surface area contributed by atoms with Gasteiger partial charge >= 0.3 is 0 Å². The number of aryl methyl sites for hydroxylation is 1. The molecule has 2 rings (SSSR count). The second-order valence-corrected chi connectivity index (χ2v) is 4.97. The van der Waals surface area contributed by atoms with Gasteiger partial charge in [-0.1, -0.05) is 6.07 Å². The molecule has 0 saturated carbocycles. The molecule has 0 bridgehead atoms. The summed E-state index contributed by atoms with van der Waals surface area (Å²) in [5, 5.41) is 6.86. The first kappa shape index (κ1) is 12.9. The lowest BCUT2D eigenvalue weighted by molar-refractivity contribution is 0.101. The summed E-state index contributed by atoms with van der Waals surface area (Å²) in [6.45, 7) is 2.51. The Labute approximate surface area is 119 Å². The Morgan fingerprint density at radius 2 is 2.33 bits per heavy atom. The molecule has 0 aliphatic rings. The van der Waals surface area contributed by atoms with E-state index < -0.39 is 0 Å². The van der Waals surface area contributed by atoms with Crippen molar-refractivity contribution in [1.82, 2.24) is 9.78 Å². The number of nitrogens with two attached hydrogens (primary N) is 1. The molecule has 0 aliphatic carbocycles. The van der Waals surface area contributed by atoms with Crippen molar-refractivity contribution in [3.05, 3.63) is 39.7 Å². The molecule has 0 saturated heterocycles. The lowest BCUT2D eigenvalue weighted by Crippen LogP contribution is -2.18. The fourth-order valence-electron chi connectivity index (χ4n) is 1.64. The molecule has 0 radical (unpaired) electrons. The monoisotopic (exact) mass is 356 g/mol. The van der Waals surface area contributed by atoms with E-state index in [1.165, 1.54) is 6.20 Å². The summed E-state index contributed by atoms with van der Waals surface area (Å²) in [7, 11) is 0. The highest BCUT2D eigenvalue weighted by Gasteiger charge is 2.16. The van der Waals surface area contributed by atoms with E-state index in [4.69, 9.17) is 5.73 Å². The predicted octanol–water partition coefficient (Wildman–Crippen LogP) is 2.34. The number of halogens is 1. The van der Waals surface area contributed by atoms with Crippen molar-refractivity contribution in [3.8, 4) is 0 Å². The second-order valence-electron chi connectivity index (χ2n) is 3.73. The first-order valence-corrected chi connectivity index (χ1v) is 6.58. The number of rotatable bonds is 3. The van der Waals surface area contributed by atoms with Crippen LogP contribution in [0.25, 0.3) is 0 Å². The third-order valence-corrected chi connectivity index (χ3v) is 3.14. The number of carbonyl (C=O) groups is 1. The quantitative estimate of drug-likeness (QED) is 0.830. The summed E-state index contributed by atoms with van der Waals surface area (Å²) in [5.74, 6) is -0.242. The highest BCUT2D eigenvalue weighted by molar-refractivity contribution is 14.1. The molecular weight excluding hydrogens is 343 g/mol. The average molecular weight is 356 g/mol. The summed E-state index contributed by atoms with van der Waals surface area (Å²) in [4.78, 5) is 12.1. The molecule has 2 aromatic rings. The van der Waals surface area contributed by atoms with Crippen LogP contribution in [0.5, 0.6) is 0 Å². The molecule has 0 aliphatic heterocycles. The summed E-state index contributed by atoms with van der Waals surface area (Å²) in [6, 6.07) is 7.57. The van der Waals surface area contributed by atoms with Crippen LogP contribution in [0.4, 0.5) is 11.4 Å². The van der Waals surface area contributed by atoms with Gasteiger partial charge in [-0.3, -0.25) is 9.48 Å². The van der Waals surface area contributed by atoms with E-state index in [1.54, 1.807) is 4.68 Å². The summed E-state index contributed by atoms with van der Waals surface area (Å²) in [6.07, 6.45) is 1.49. The normalized spacial score (nSPS) is 10.3. The van der Waals surface area contributed by atoms with Crippen molar-refractivity contribution < 1.29 is 4.79 Å². The number of hydrogen-bond donors (Lipinski definition) is 2. The van der Waals surface area contributed by atoms with Gasteiger partial charge in [0.1, 0.15) is 5.69 Å². The molecule has 1 heterocycles. The van der Waals surface area contributed by atoms with Gasteiger partial charge < -0.3 is 11.1 Å². The Bertz CT molecular complexity index is 579. The van der Waals surface area contributed by atoms with Crippen LogP contribution in [-0.4, -0.2) is 15.7 Å². The number of anilines is 2. The van der Waals surface area contributed by atoms with E-state index >= 15 is 0 Å². The maximum Gasteiger partial charge on any atom is 0.276 e. The SMILES string of the molecule is CCn1ncc(N)c1C(=O)Nc1cccc(I)c1. The topological polar surface area (TPSA) is 72.9 Å². The van der Waals surface area contributed by atoms with Crippen LogP contribution in [-0.2, 0) is 6.54 Å². The molecule has 0 spiro atoms. The van der Waals surface area contributed by atoms with Crippen LogP contribution in [0.3, 0.4) is 0 Å². The lowest BCUT2D eigenvalue weighted by Gasteiger charge is -2.07. The summed E-state index contributed by atoms with van der Waals surface area (Å²) >= 11 is 2.19. The zero-order valence-corrected chi connectivity index (χ0v) is 12.0. The van der Waals surface area contributed by atoms with Crippen molar-refractivity contribution in [2.24, 2.45) is 0 Å². The van der Waals surface area contributed by atoms with Gasteiger partial charge in [0.25, 0.3) is 5.91 Å². The van der Waals surface area contributed by atoms with Crippen LogP contribution in [0.15, 0.2) is 30.5 Å². The first-order valence-electron chi connectivity index (χ1n) is 5.50. The average Bonchev–Trinajstić information content (AvgIpc) is 2.70. The lowest BCUT2D eigenvalue weighted by atomic mass is 10.3. The number of nitrogens with zero attached hydrogens (tertiary/aromatic N) is 2. The smallest absolute Gasteiger partial charge is 0.276 e. The summed E-state index contributed by atoms with van der Waals surface area (Å²) in [5.41, 5.74) is 7.29. The highest BCUT2D eigenvalue weighted by Crippen LogP contribution is 2.16. The Balaban J connectivity index is 2.24. The van der Waals surface area contributed by atoms with Gasteiger partial charge in [-0.15, -0.1) is 0 Å². The number of amides is 1. The molecule has 6 heteroatoms. The maximum atomic E-state index is 12.1. The number of nitrogens with one attached hydrogen (secondary N) is 1. The van der Waals surface area contributed by atoms with Gasteiger partial charge in [0.05, 0.1) is 11.9 Å². The van der Waals surface area contributed by atoms with E-state index in [0.717, 1.165) is 9.26 Å². The van der Waals surface area contributed by atoms with Gasteiger partial charge in [-0.2, -0.15) is 5.10 Å². The molecule has 18 heavy (non-hydrogen) atoms. The maximum absolute atomic E-state index is 12.1. The standard InChI is InChI=1S/C12H13IN4O/c1-2-17-11(10(14)7-15-17)12(18)16-9-5-3-4-8(13)6-9/h3-7H,2,14H2,1H3,(H,16,18). The third-order valence-electron chi connectivity index (χ3n) is 2.46. The number of hydrogen-bond acceptors (Lipinski definition) is 3. The Hall–Kier alpha value is -1.57. The minimum absolute atomic E-state index is 0.242. The van der Waals surface area contributed by atoms with Gasteiger partial charge in [-0.25, -0.2) is 0 Å². The van der Waals surface area contributed by atoms with Crippen molar-refractivity contribution in [2.75, 3.05) is 11.1 Å². The summed E-state index contributed by atoms with van der Waals surface area (Å²) < 4.78 is 2.64. The van der Waals surface area contributed by atoms with E-state index in [1.807, 2.05) is 31.2 Å². The Kier molecular flexibility index (Phi) is 3.85. The molecule has 1 aromatic carbocycles. The van der Waals surface area contributed by atoms with E-state index in [9.17, 15) is 4.79 Å². The first-order chi connectivity index (χ1) is 8.61. The number of aromatic nitrogens is 2. The van der Waals surface area contributed by atoms with Crippen LogP contribution in [0.1, 0.15) is 17.4 Å². The van der Waals surface area contributed by atoms with Crippen LogP contribution < -0.4 is 11.1 Å². The fraction of sp³-hybridized carbons (Fsp3) is 0.167. The third kappa shape index (κ3) is 2.63. The minimum Gasteiger partial charge on any atom is -0.396 e. The molecular formula is C12H13IN4O. The fourth-order valence-corrected chi connectivity index (χ4v) is 2.19. The minimum atomic E-state index is -0.242. The molecule has 1 amide bonds. The van der Waals surface area contributed by atoms with Crippen molar-refractivity contribution in [1.29, 1.82) is 0 Å². The largest absolute Gasteiger partial charge is 0.396 e. The van der Waals surface area contributed by atoms with Crippen LogP contribution in [0, 0.1) is 3.57 Å². The van der Waals surface area contributed by atoms with Gasteiger partial charge in [0, 0.05) is 15.8 Å². The van der Waals surface area contributed by atoms with Crippen LogP contribution >= 0.6 is 22.6 Å². The van der Waals surface area contributed by atoms with E-state index in [-0.39, 0.29) is 5.91 Å². The molecule has 1 aromatic heterocycles. The number of carbonyl (C=O) groups excluding carboxylic acids is 1. The van der Waals surface area contributed by atoms with Crippen molar-refractivity contribution >= 4 is 39.9 Å². The highest BCUT2D eigenvalue weighted by atomic mass is 127. The van der Waals surface area contributed by atoms with Gasteiger partial charge in [0.15, 0.2) is 0 Å². The van der Waals surface area contributed by atoms with Gasteiger partial charge in [-0.05, 0) is 47.7 Å². The number of benzene rings is 1. The molecule has 3 N–H and O–H groups in total. The van der Waals surface area contributed by atoms with E-state index in [0.29, 0.717) is 17.9 Å². The zero-order chi connectivity index (χ0) is 13.1. The Morgan fingerprint density at radius 1 is 1.56 bits per heavy atom. The molecule has 94 valence electrons. The molecule has 0 unspecified atom stereocenters. The van der Waals surface area contributed by atoms with Crippen molar-refractivity contribution in [2.45, 2.75) is 13.5 Å². The molecule has 5 nitrogen and oxygen atoms in total. The van der Waals surface area contributed by atoms with Gasteiger partial charge in [0.2, 0.25) is 0 Å². The Morgan fingerprint density at radius 3 is 3.00 bits per heavy atom. The molecule has 0 atom stereocenters. The molecule has 0 fully saturated rings. The van der Waals surface area contributed by atoms with Crippen molar-refractivity contribution in [3.63, 3.8) is 0 Å². The predicted molar refractivity (Wildman–Crippen MR) is 79.4 cm³/mol. The van der Waals surface area contributed by atoms with E-state index in [2.05, 4.69) is 33.0 Å². The zero-order valence-electron chi connectivity index (χ0n) is 9.85.